The van der Waals surface area contributed by atoms with Gasteiger partial charge in [-0.05, 0) is 31.0 Å². The molecular formula is C12H16ClNO2. The van der Waals surface area contributed by atoms with E-state index in [1.807, 2.05) is 13.8 Å². The van der Waals surface area contributed by atoms with Gasteiger partial charge in [-0.2, -0.15) is 0 Å². The second-order valence-electron chi connectivity index (χ2n) is 3.58. The Morgan fingerprint density at radius 2 is 2.06 bits per heavy atom. The Morgan fingerprint density at radius 3 is 2.56 bits per heavy atom. The molecule has 0 saturated heterocycles. The molecule has 0 fully saturated rings. The number of nitrogens with two attached hydrogens (primary N) is 1. The third-order valence-corrected chi connectivity index (χ3v) is 2.65. The highest BCUT2D eigenvalue weighted by Crippen LogP contribution is 2.19. The Morgan fingerprint density at radius 1 is 1.44 bits per heavy atom. The summed E-state index contributed by atoms with van der Waals surface area (Å²) in [6.07, 6.45) is 1.55. The third-order valence-electron chi connectivity index (χ3n) is 2.42. The number of carbonyl (C=O) groups is 1. The van der Waals surface area contributed by atoms with Crippen LogP contribution in [-0.2, 0) is 4.74 Å². The van der Waals surface area contributed by atoms with Crippen molar-refractivity contribution >= 4 is 23.3 Å². The van der Waals surface area contributed by atoms with Crippen LogP contribution in [0.3, 0.4) is 0 Å². The van der Waals surface area contributed by atoms with Crippen LogP contribution in [0.4, 0.5) is 5.69 Å². The lowest BCUT2D eigenvalue weighted by Crippen LogP contribution is -2.17. The van der Waals surface area contributed by atoms with Crippen LogP contribution >= 0.6 is 11.6 Å². The van der Waals surface area contributed by atoms with Crippen LogP contribution in [0.25, 0.3) is 0 Å². The molecule has 88 valence electrons. The first-order valence-electron chi connectivity index (χ1n) is 5.34. The minimum Gasteiger partial charge on any atom is -0.459 e. The molecule has 0 radical (unpaired) electrons. The van der Waals surface area contributed by atoms with Crippen LogP contribution in [0.15, 0.2) is 18.2 Å². The van der Waals surface area contributed by atoms with Crippen LogP contribution in [0, 0.1) is 0 Å². The number of nitrogen functional groups attached to an aromatic ring is 1. The summed E-state index contributed by atoms with van der Waals surface area (Å²) in [6, 6.07) is 4.76. The molecule has 1 rings (SSSR count). The molecule has 0 heterocycles. The minimum atomic E-state index is -0.386. The number of esters is 1. The number of hydrogen-bond donors (Lipinski definition) is 1. The number of carbonyl (C=O) groups excluding carboxylic acids is 1. The lowest BCUT2D eigenvalue weighted by molar-refractivity contribution is 0.0285. The van der Waals surface area contributed by atoms with Crippen molar-refractivity contribution in [2.45, 2.75) is 32.8 Å². The van der Waals surface area contributed by atoms with E-state index in [1.165, 1.54) is 0 Å². The van der Waals surface area contributed by atoms with Gasteiger partial charge in [-0.25, -0.2) is 4.79 Å². The standard InChI is InChI=1S/C12H16ClNO2/c1-3-9(4-2)16-12(15)10-6-5-8(13)7-11(10)14/h5-7,9H,3-4,14H2,1-2H3. The Hall–Kier alpha value is -1.22. The van der Waals surface area contributed by atoms with E-state index in [0.29, 0.717) is 16.3 Å². The smallest absolute Gasteiger partial charge is 0.340 e. The second kappa shape index (κ2) is 5.75. The van der Waals surface area contributed by atoms with Crippen molar-refractivity contribution in [3.63, 3.8) is 0 Å². The van der Waals surface area contributed by atoms with Gasteiger partial charge in [0.05, 0.1) is 5.56 Å². The second-order valence-corrected chi connectivity index (χ2v) is 4.01. The van der Waals surface area contributed by atoms with Crippen molar-refractivity contribution in [2.24, 2.45) is 0 Å². The molecule has 0 aliphatic carbocycles. The molecule has 0 bridgehead atoms. The lowest BCUT2D eigenvalue weighted by Gasteiger charge is -2.14. The first-order valence-corrected chi connectivity index (χ1v) is 5.72. The highest BCUT2D eigenvalue weighted by molar-refractivity contribution is 6.31. The van der Waals surface area contributed by atoms with Gasteiger partial charge in [0.2, 0.25) is 0 Å². The molecule has 0 aliphatic heterocycles. The van der Waals surface area contributed by atoms with E-state index >= 15 is 0 Å². The zero-order valence-electron chi connectivity index (χ0n) is 9.50. The monoisotopic (exact) mass is 241 g/mol. The maximum Gasteiger partial charge on any atom is 0.340 e. The molecule has 1 aromatic carbocycles. The maximum atomic E-state index is 11.8. The fourth-order valence-corrected chi connectivity index (χ4v) is 1.57. The molecular weight excluding hydrogens is 226 g/mol. The van der Waals surface area contributed by atoms with Gasteiger partial charge in [0.15, 0.2) is 0 Å². The van der Waals surface area contributed by atoms with Gasteiger partial charge < -0.3 is 10.5 Å². The molecule has 3 nitrogen and oxygen atoms in total. The SMILES string of the molecule is CCC(CC)OC(=O)c1ccc(Cl)cc1N. The molecule has 0 atom stereocenters. The van der Waals surface area contributed by atoms with E-state index in [4.69, 9.17) is 22.1 Å². The molecule has 2 N–H and O–H groups in total. The van der Waals surface area contributed by atoms with Gasteiger partial charge in [0.25, 0.3) is 0 Å². The van der Waals surface area contributed by atoms with Crippen molar-refractivity contribution in [1.82, 2.24) is 0 Å². The van der Waals surface area contributed by atoms with Crippen LogP contribution in [-0.4, -0.2) is 12.1 Å². The summed E-state index contributed by atoms with van der Waals surface area (Å²) >= 11 is 5.75. The van der Waals surface area contributed by atoms with E-state index in [1.54, 1.807) is 18.2 Å². The summed E-state index contributed by atoms with van der Waals surface area (Å²) in [5.41, 5.74) is 6.42. The Bertz CT molecular complexity index is 375. The van der Waals surface area contributed by atoms with Gasteiger partial charge in [0.1, 0.15) is 6.10 Å². The number of halogens is 1. The quantitative estimate of drug-likeness (QED) is 0.650. The normalized spacial score (nSPS) is 10.5. The maximum absolute atomic E-state index is 11.8. The highest BCUT2D eigenvalue weighted by atomic mass is 35.5. The van der Waals surface area contributed by atoms with Crippen LogP contribution in [0.1, 0.15) is 37.0 Å². The summed E-state index contributed by atoms with van der Waals surface area (Å²) in [4.78, 5) is 11.8. The van der Waals surface area contributed by atoms with E-state index in [2.05, 4.69) is 0 Å². The fraction of sp³-hybridized carbons (Fsp3) is 0.417. The van der Waals surface area contributed by atoms with Crippen LogP contribution in [0.2, 0.25) is 5.02 Å². The number of rotatable bonds is 4. The Balaban J connectivity index is 2.80. The fourth-order valence-electron chi connectivity index (χ4n) is 1.39. The van der Waals surface area contributed by atoms with Crippen molar-refractivity contribution < 1.29 is 9.53 Å². The summed E-state index contributed by atoms with van der Waals surface area (Å²) in [6.45, 7) is 3.96. The molecule has 1 aromatic rings. The highest BCUT2D eigenvalue weighted by Gasteiger charge is 2.15. The van der Waals surface area contributed by atoms with Gasteiger partial charge in [-0.15, -0.1) is 0 Å². The van der Waals surface area contributed by atoms with Crippen molar-refractivity contribution in [3.8, 4) is 0 Å². The summed E-state index contributed by atoms with van der Waals surface area (Å²) in [7, 11) is 0. The average Bonchev–Trinajstić information content (AvgIpc) is 2.25. The molecule has 16 heavy (non-hydrogen) atoms. The van der Waals surface area contributed by atoms with Gasteiger partial charge in [0, 0.05) is 10.7 Å². The zero-order valence-corrected chi connectivity index (χ0v) is 10.3. The summed E-state index contributed by atoms with van der Waals surface area (Å²) in [5, 5.41) is 0.511. The number of anilines is 1. The topological polar surface area (TPSA) is 52.3 Å². The van der Waals surface area contributed by atoms with E-state index in [-0.39, 0.29) is 12.1 Å². The Kier molecular flexibility index (Phi) is 4.62. The molecule has 0 aliphatic rings. The number of ether oxygens (including phenoxy) is 1. The zero-order chi connectivity index (χ0) is 12.1. The van der Waals surface area contributed by atoms with Gasteiger partial charge in [-0.3, -0.25) is 0 Å². The van der Waals surface area contributed by atoms with Crippen LogP contribution < -0.4 is 5.73 Å². The lowest BCUT2D eigenvalue weighted by atomic mass is 10.1. The van der Waals surface area contributed by atoms with Crippen LogP contribution in [0.5, 0.6) is 0 Å². The van der Waals surface area contributed by atoms with Crippen molar-refractivity contribution in [2.75, 3.05) is 5.73 Å². The number of benzene rings is 1. The van der Waals surface area contributed by atoms with Crippen molar-refractivity contribution in [1.29, 1.82) is 0 Å². The first kappa shape index (κ1) is 12.8. The molecule has 0 spiro atoms. The number of hydrogen-bond acceptors (Lipinski definition) is 3. The van der Waals surface area contributed by atoms with Gasteiger partial charge in [-0.1, -0.05) is 25.4 Å². The molecule has 0 unspecified atom stereocenters. The predicted octanol–water partition coefficient (Wildman–Crippen LogP) is 3.27. The van der Waals surface area contributed by atoms with E-state index in [9.17, 15) is 4.79 Å². The van der Waals surface area contributed by atoms with E-state index < -0.39 is 0 Å². The molecule has 0 saturated carbocycles. The van der Waals surface area contributed by atoms with E-state index in [0.717, 1.165) is 12.8 Å². The first-order chi connectivity index (χ1) is 7.58. The molecule has 4 heteroatoms. The van der Waals surface area contributed by atoms with Gasteiger partial charge >= 0.3 is 5.97 Å². The largest absolute Gasteiger partial charge is 0.459 e. The minimum absolute atomic E-state index is 0.0532. The molecule has 0 aromatic heterocycles. The van der Waals surface area contributed by atoms with Crippen molar-refractivity contribution in [3.05, 3.63) is 28.8 Å². The predicted molar refractivity (Wildman–Crippen MR) is 65.6 cm³/mol. The summed E-state index contributed by atoms with van der Waals surface area (Å²) in [5.74, 6) is -0.386. The third kappa shape index (κ3) is 3.14. The molecule has 0 amide bonds. The Labute approximate surface area is 101 Å². The summed E-state index contributed by atoms with van der Waals surface area (Å²) < 4.78 is 5.29. The average molecular weight is 242 g/mol.